The Morgan fingerprint density at radius 1 is 1.20 bits per heavy atom. The Kier molecular flexibility index (Phi) is 4.90. The molecule has 4 heteroatoms. The minimum Gasteiger partial charge on any atom is -0.310 e. The maximum absolute atomic E-state index is 4.53. The van der Waals surface area contributed by atoms with Gasteiger partial charge in [-0.25, -0.2) is 0 Å². The van der Waals surface area contributed by atoms with Gasteiger partial charge in [-0.3, -0.25) is 9.67 Å². The van der Waals surface area contributed by atoms with Crippen LogP contribution in [-0.2, 0) is 13.0 Å². The van der Waals surface area contributed by atoms with Gasteiger partial charge < -0.3 is 5.32 Å². The smallest absolute Gasteiger partial charge is 0.0596 e. The van der Waals surface area contributed by atoms with Crippen molar-refractivity contribution in [1.82, 2.24) is 20.1 Å². The Balaban J connectivity index is 2.25. The summed E-state index contributed by atoms with van der Waals surface area (Å²) in [6.07, 6.45) is 2.84. The Bertz CT molecular complexity index is 559. The van der Waals surface area contributed by atoms with Crippen LogP contribution >= 0.6 is 0 Å². The molecule has 0 spiro atoms. The zero-order chi connectivity index (χ0) is 14.5. The first-order valence-electron chi connectivity index (χ1n) is 7.33. The van der Waals surface area contributed by atoms with E-state index in [4.69, 9.17) is 0 Å². The molecule has 2 rings (SSSR count). The number of nitrogens with zero attached hydrogens (tertiary/aromatic N) is 3. The molecule has 0 fully saturated rings. The Morgan fingerprint density at radius 2 is 2.00 bits per heavy atom. The zero-order valence-electron chi connectivity index (χ0n) is 12.8. The molecule has 1 unspecified atom stereocenters. The Hall–Kier alpha value is -1.68. The van der Waals surface area contributed by atoms with Gasteiger partial charge in [0.15, 0.2) is 0 Å². The van der Waals surface area contributed by atoms with Crippen molar-refractivity contribution in [1.29, 1.82) is 0 Å². The SMILES string of the molecule is CCNC(Cc1cc(C)nn1CC)c1ccnc(C)c1. The number of aromatic nitrogens is 3. The fraction of sp³-hybridized carbons (Fsp3) is 0.500. The van der Waals surface area contributed by atoms with Crippen LogP contribution in [0, 0.1) is 13.8 Å². The van der Waals surface area contributed by atoms with Gasteiger partial charge in [0.2, 0.25) is 0 Å². The van der Waals surface area contributed by atoms with Crippen molar-refractivity contribution < 1.29 is 0 Å². The van der Waals surface area contributed by atoms with Gasteiger partial charge in [0.05, 0.1) is 5.69 Å². The minimum atomic E-state index is 0.308. The average Bonchev–Trinajstić information content (AvgIpc) is 2.78. The van der Waals surface area contributed by atoms with Crippen LogP contribution in [0.3, 0.4) is 0 Å². The van der Waals surface area contributed by atoms with Crippen LogP contribution in [0.4, 0.5) is 0 Å². The summed E-state index contributed by atoms with van der Waals surface area (Å²) < 4.78 is 2.09. The van der Waals surface area contributed by atoms with Gasteiger partial charge in [-0.1, -0.05) is 6.92 Å². The molecule has 20 heavy (non-hydrogen) atoms. The number of nitrogens with one attached hydrogen (secondary N) is 1. The van der Waals surface area contributed by atoms with E-state index in [1.54, 1.807) is 0 Å². The van der Waals surface area contributed by atoms with E-state index in [1.165, 1.54) is 11.3 Å². The van der Waals surface area contributed by atoms with Crippen molar-refractivity contribution in [2.75, 3.05) is 6.54 Å². The lowest BCUT2D eigenvalue weighted by Crippen LogP contribution is -2.24. The molecule has 4 nitrogen and oxygen atoms in total. The van der Waals surface area contributed by atoms with Crippen LogP contribution in [0.15, 0.2) is 24.4 Å². The highest BCUT2D eigenvalue weighted by Crippen LogP contribution is 2.19. The number of rotatable bonds is 6. The third kappa shape index (κ3) is 3.45. The highest BCUT2D eigenvalue weighted by Gasteiger charge is 2.14. The fourth-order valence-electron chi connectivity index (χ4n) is 2.58. The van der Waals surface area contributed by atoms with Gasteiger partial charge in [-0.05, 0) is 51.1 Å². The molecule has 108 valence electrons. The molecule has 2 aromatic heterocycles. The van der Waals surface area contributed by atoms with Gasteiger partial charge in [0, 0.05) is 36.6 Å². The molecule has 0 saturated carbocycles. The van der Waals surface area contributed by atoms with Crippen LogP contribution < -0.4 is 5.32 Å². The van der Waals surface area contributed by atoms with Crippen LogP contribution in [0.2, 0.25) is 0 Å². The summed E-state index contributed by atoms with van der Waals surface area (Å²) in [6, 6.07) is 6.75. The maximum Gasteiger partial charge on any atom is 0.0596 e. The van der Waals surface area contributed by atoms with Crippen LogP contribution in [0.5, 0.6) is 0 Å². The molecule has 0 aliphatic carbocycles. The normalized spacial score (nSPS) is 12.6. The minimum absolute atomic E-state index is 0.308. The molecule has 2 heterocycles. The summed E-state index contributed by atoms with van der Waals surface area (Å²) in [5.41, 5.74) is 4.72. The Labute approximate surface area is 121 Å². The molecule has 0 aliphatic heterocycles. The predicted octanol–water partition coefficient (Wildman–Crippen LogP) is 2.81. The zero-order valence-corrected chi connectivity index (χ0v) is 12.8. The highest BCUT2D eigenvalue weighted by molar-refractivity contribution is 5.22. The monoisotopic (exact) mass is 272 g/mol. The largest absolute Gasteiger partial charge is 0.310 e. The van der Waals surface area contributed by atoms with Gasteiger partial charge in [0.25, 0.3) is 0 Å². The highest BCUT2D eigenvalue weighted by atomic mass is 15.3. The summed E-state index contributed by atoms with van der Waals surface area (Å²) in [6.45, 7) is 10.2. The summed E-state index contributed by atoms with van der Waals surface area (Å²) in [5.74, 6) is 0. The van der Waals surface area contributed by atoms with Crippen LogP contribution in [0.25, 0.3) is 0 Å². The van der Waals surface area contributed by atoms with Gasteiger partial charge in [-0.2, -0.15) is 5.10 Å². The van der Waals surface area contributed by atoms with E-state index in [0.717, 1.165) is 30.9 Å². The van der Waals surface area contributed by atoms with E-state index >= 15 is 0 Å². The number of pyridine rings is 1. The first-order valence-corrected chi connectivity index (χ1v) is 7.33. The molecule has 0 bridgehead atoms. The molecule has 2 aromatic rings. The second-order valence-corrected chi connectivity index (χ2v) is 5.14. The molecule has 0 radical (unpaired) electrons. The lowest BCUT2D eigenvalue weighted by atomic mass is 10.0. The molecule has 1 N–H and O–H groups in total. The van der Waals surface area contributed by atoms with E-state index in [9.17, 15) is 0 Å². The van der Waals surface area contributed by atoms with Gasteiger partial charge >= 0.3 is 0 Å². The summed E-state index contributed by atoms with van der Waals surface area (Å²) in [7, 11) is 0. The number of aryl methyl sites for hydroxylation is 3. The summed E-state index contributed by atoms with van der Waals surface area (Å²) in [5, 5.41) is 8.10. The predicted molar refractivity (Wildman–Crippen MR) is 81.7 cm³/mol. The first-order chi connectivity index (χ1) is 9.63. The van der Waals surface area contributed by atoms with E-state index in [2.05, 4.69) is 59.1 Å². The molecule has 0 aromatic carbocycles. The number of hydrogen-bond acceptors (Lipinski definition) is 3. The van der Waals surface area contributed by atoms with Crippen molar-refractivity contribution in [2.45, 2.75) is 46.7 Å². The van der Waals surface area contributed by atoms with Crippen LogP contribution in [-0.4, -0.2) is 21.3 Å². The second kappa shape index (κ2) is 6.66. The Morgan fingerprint density at radius 3 is 2.65 bits per heavy atom. The second-order valence-electron chi connectivity index (χ2n) is 5.14. The lowest BCUT2D eigenvalue weighted by Gasteiger charge is -2.19. The van der Waals surface area contributed by atoms with E-state index in [1.807, 2.05) is 13.1 Å². The van der Waals surface area contributed by atoms with Gasteiger partial charge in [0.1, 0.15) is 0 Å². The quantitative estimate of drug-likeness (QED) is 0.879. The molecular weight excluding hydrogens is 248 g/mol. The molecule has 0 saturated heterocycles. The standard InChI is InChI=1S/C16H24N4/c1-5-17-16(14-7-8-18-12(3)9-14)11-15-10-13(4)19-20(15)6-2/h7-10,16-17H,5-6,11H2,1-4H3. The van der Waals surface area contributed by atoms with Crippen molar-refractivity contribution in [3.8, 4) is 0 Å². The van der Waals surface area contributed by atoms with E-state index in [-0.39, 0.29) is 0 Å². The average molecular weight is 272 g/mol. The van der Waals surface area contributed by atoms with E-state index < -0.39 is 0 Å². The maximum atomic E-state index is 4.53. The van der Waals surface area contributed by atoms with Crippen molar-refractivity contribution >= 4 is 0 Å². The first kappa shape index (κ1) is 14.7. The summed E-state index contributed by atoms with van der Waals surface area (Å²) in [4.78, 5) is 4.28. The lowest BCUT2D eigenvalue weighted by molar-refractivity contribution is 0.515. The number of likely N-dealkylation sites (N-methyl/N-ethyl adjacent to an activating group) is 1. The van der Waals surface area contributed by atoms with Crippen molar-refractivity contribution in [3.05, 3.63) is 47.0 Å². The molecular formula is C16H24N4. The van der Waals surface area contributed by atoms with Crippen LogP contribution in [0.1, 0.15) is 42.5 Å². The topological polar surface area (TPSA) is 42.7 Å². The van der Waals surface area contributed by atoms with Gasteiger partial charge in [-0.15, -0.1) is 0 Å². The molecule has 0 amide bonds. The van der Waals surface area contributed by atoms with Crippen molar-refractivity contribution in [2.24, 2.45) is 0 Å². The molecule has 0 aliphatic rings. The number of hydrogen-bond donors (Lipinski definition) is 1. The van der Waals surface area contributed by atoms with E-state index in [0.29, 0.717) is 6.04 Å². The third-order valence-corrected chi connectivity index (χ3v) is 3.47. The molecule has 1 atom stereocenters. The van der Waals surface area contributed by atoms with Crippen molar-refractivity contribution in [3.63, 3.8) is 0 Å². The third-order valence-electron chi connectivity index (χ3n) is 3.47. The fourth-order valence-corrected chi connectivity index (χ4v) is 2.58. The summed E-state index contributed by atoms with van der Waals surface area (Å²) >= 11 is 0.